The van der Waals surface area contributed by atoms with Gasteiger partial charge in [-0.15, -0.1) is 0 Å². The van der Waals surface area contributed by atoms with Crippen LogP contribution in [0, 0.1) is 11.8 Å². The maximum atomic E-state index is 14.2. The molecule has 5 aromatic rings. The van der Waals surface area contributed by atoms with Crippen LogP contribution < -0.4 is 4.74 Å². The summed E-state index contributed by atoms with van der Waals surface area (Å²) in [6.07, 6.45) is 6.95. The zero-order valence-corrected chi connectivity index (χ0v) is 39.1. The van der Waals surface area contributed by atoms with Gasteiger partial charge in [-0.25, -0.2) is 19.6 Å². The topological polar surface area (TPSA) is 207 Å². The summed E-state index contributed by atoms with van der Waals surface area (Å²) in [6.45, 7) is 7.55. The van der Waals surface area contributed by atoms with Crippen molar-refractivity contribution in [1.82, 2.24) is 39.5 Å². The fourth-order valence-electron chi connectivity index (χ4n) is 11.7. The molecule has 2 unspecified atom stereocenters. The first kappa shape index (κ1) is 45.3. The van der Waals surface area contributed by atoms with Crippen LogP contribution in [-0.2, 0) is 24.5 Å². The maximum absolute atomic E-state index is 14.2. The molecule has 10 rings (SSSR count). The molecular formula is C51H60N8O9. The van der Waals surface area contributed by atoms with Gasteiger partial charge in [0.2, 0.25) is 11.8 Å². The number of nitrogens with zero attached hydrogens (tertiary/aromatic N) is 6. The van der Waals surface area contributed by atoms with Gasteiger partial charge in [0.15, 0.2) is 0 Å². The minimum absolute atomic E-state index is 0.111. The van der Waals surface area contributed by atoms with Crippen LogP contribution in [0.2, 0.25) is 0 Å². The number of aromatic amines is 2. The second-order valence-electron chi connectivity index (χ2n) is 19.6. The molecule has 0 saturated carbocycles. The highest BCUT2D eigenvalue weighted by Crippen LogP contribution is 2.51. The van der Waals surface area contributed by atoms with Crippen molar-refractivity contribution in [2.75, 3.05) is 53.6 Å². The van der Waals surface area contributed by atoms with E-state index >= 15 is 0 Å². The highest BCUT2D eigenvalue weighted by molar-refractivity contribution is 5.93. The predicted octanol–water partition coefficient (Wildman–Crippen LogP) is 8.19. The second-order valence-corrected chi connectivity index (χ2v) is 19.6. The van der Waals surface area contributed by atoms with Gasteiger partial charge in [0.05, 0.1) is 35.9 Å². The van der Waals surface area contributed by atoms with Crippen molar-refractivity contribution in [3.8, 4) is 34.0 Å². The number of H-pyrrole nitrogens is 2. The Labute approximate surface area is 394 Å². The van der Waals surface area contributed by atoms with Gasteiger partial charge in [-0.1, -0.05) is 44.2 Å². The zero-order chi connectivity index (χ0) is 47.4. The maximum Gasteiger partial charge on any atom is 0.407 e. The standard InChI is InChI=1S/C51H60N8O9/c1-51(2)35-13-10-33(37-28-53-46(55-37)39-8-6-20-59(39)48(61)44(57(4)50(64)65)30-17-23-67-24-18-30)26-41(35)68-40-14-11-31-25-32(9-12-34(31)42(40)51)36-27-52-45(54-36)38-7-5-19-58(38)47(60)43(56(3)49(62)63)29-15-21-66-22-16-29/h9-14,25-30,38-39,43-44H,5-8,15-24H2,1-4H3,(H,52,54)(H,53,55)(H,62,63)(H,64,65)/t38-,39-,43?,44?/m0/s1. The van der Waals surface area contributed by atoms with Crippen molar-refractivity contribution >= 4 is 34.8 Å². The molecule has 0 radical (unpaired) electrons. The number of aromatic nitrogens is 4. The monoisotopic (exact) mass is 928 g/mol. The first-order valence-electron chi connectivity index (χ1n) is 24.0. The fraction of sp³-hybridized carbons (Fsp3) is 0.490. The third-order valence-electron chi connectivity index (χ3n) is 15.4. The van der Waals surface area contributed by atoms with E-state index in [2.05, 4.69) is 60.2 Å². The summed E-state index contributed by atoms with van der Waals surface area (Å²) in [5, 5.41) is 22.0. The Balaban J connectivity index is 0.865. The summed E-state index contributed by atoms with van der Waals surface area (Å²) in [5.41, 5.74) is 5.17. The van der Waals surface area contributed by atoms with Crippen LogP contribution in [0.25, 0.3) is 33.3 Å². The van der Waals surface area contributed by atoms with E-state index in [1.807, 2.05) is 23.2 Å². The van der Waals surface area contributed by atoms with Gasteiger partial charge < -0.3 is 44.2 Å². The average molecular weight is 929 g/mol. The molecule has 4 N–H and O–H groups in total. The first-order chi connectivity index (χ1) is 32.8. The molecule has 17 heteroatoms. The van der Waals surface area contributed by atoms with Crippen LogP contribution in [0.3, 0.4) is 0 Å². The number of hydrogen-bond donors (Lipinski definition) is 4. The number of likely N-dealkylation sites (tertiary alicyclic amines) is 2. The van der Waals surface area contributed by atoms with Gasteiger partial charge in [0.25, 0.3) is 0 Å². The molecule has 3 aromatic carbocycles. The summed E-state index contributed by atoms with van der Waals surface area (Å²) in [7, 11) is 2.97. The molecule has 0 aliphatic carbocycles. The Morgan fingerprint density at radius 1 is 0.676 bits per heavy atom. The Kier molecular flexibility index (Phi) is 12.1. The number of likely N-dealkylation sites (N-methyl/N-ethyl adjacent to an activating group) is 2. The Hall–Kier alpha value is -6.46. The molecule has 7 heterocycles. The Bertz CT molecular complexity index is 2740. The van der Waals surface area contributed by atoms with Crippen LogP contribution in [0.4, 0.5) is 9.59 Å². The van der Waals surface area contributed by atoms with Gasteiger partial charge in [-0.3, -0.25) is 19.4 Å². The van der Waals surface area contributed by atoms with Crippen molar-refractivity contribution in [3.63, 3.8) is 0 Å². The number of nitrogens with one attached hydrogen (secondary N) is 2. The van der Waals surface area contributed by atoms with Crippen LogP contribution >= 0.6 is 0 Å². The molecule has 68 heavy (non-hydrogen) atoms. The van der Waals surface area contributed by atoms with E-state index in [-0.39, 0.29) is 35.7 Å². The lowest BCUT2D eigenvalue weighted by molar-refractivity contribution is -0.141. The second kappa shape index (κ2) is 18.2. The number of carboxylic acid groups (broad SMARTS) is 2. The zero-order valence-electron chi connectivity index (χ0n) is 39.1. The van der Waals surface area contributed by atoms with Gasteiger partial charge in [-0.05, 0) is 92.2 Å². The molecule has 358 valence electrons. The molecular weight excluding hydrogens is 869 g/mol. The lowest BCUT2D eigenvalue weighted by atomic mass is 9.73. The third kappa shape index (κ3) is 8.12. The Morgan fingerprint density at radius 2 is 1.18 bits per heavy atom. The molecule has 17 nitrogen and oxygen atoms in total. The minimum atomic E-state index is -1.12. The summed E-state index contributed by atoms with van der Waals surface area (Å²) in [4.78, 5) is 75.2. The molecule has 4 saturated heterocycles. The van der Waals surface area contributed by atoms with Gasteiger partial charge in [0, 0.05) is 81.3 Å². The number of imidazole rings is 2. The number of hydrogen-bond acceptors (Lipinski definition) is 9. The summed E-state index contributed by atoms with van der Waals surface area (Å²) in [5.74, 6) is 2.29. The lowest BCUT2D eigenvalue weighted by Crippen LogP contribution is -2.53. The van der Waals surface area contributed by atoms with Gasteiger partial charge >= 0.3 is 12.2 Å². The van der Waals surface area contributed by atoms with E-state index in [1.54, 1.807) is 11.1 Å². The smallest absolute Gasteiger partial charge is 0.407 e. The van der Waals surface area contributed by atoms with Crippen molar-refractivity contribution in [1.29, 1.82) is 0 Å². The third-order valence-corrected chi connectivity index (χ3v) is 15.4. The highest BCUT2D eigenvalue weighted by atomic mass is 16.5. The average Bonchev–Trinajstić information content (AvgIpc) is 4.19. The van der Waals surface area contributed by atoms with E-state index in [4.69, 9.17) is 24.2 Å². The number of carbonyl (C=O) groups is 4. The van der Waals surface area contributed by atoms with E-state index in [1.165, 1.54) is 23.9 Å². The predicted molar refractivity (Wildman–Crippen MR) is 251 cm³/mol. The van der Waals surface area contributed by atoms with Crippen LogP contribution in [0.1, 0.15) is 100 Å². The van der Waals surface area contributed by atoms with E-state index < -0.39 is 29.7 Å². The highest BCUT2D eigenvalue weighted by Gasteiger charge is 2.44. The van der Waals surface area contributed by atoms with Crippen molar-refractivity contribution < 1.29 is 43.6 Å². The molecule has 2 aromatic heterocycles. The van der Waals surface area contributed by atoms with Crippen LogP contribution in [0.5, 0.6) is 11.5 Å². The molecule has 4 amide bonds. The summed E-state index contributed by atoms with van der Waals surface area (Å²) in [6, 6.07) is 14.5. The van der Waals surface area contributed by atoms with Crippen molar-refractivity contribution in [2.45, 2.75) is 94.8 Å². The molecule has 4 fully saturated rings. The molecule has 5 aliphatic rings. The normalized spacial score (nSPS) is 21.5. The lowest BCUT2D eigenvalue weighted by Gasteiger charge is -2.37. The summed E-state index contributed by atoms with van der Waals surface area (Å²) < 4.78 is 17.8. The van der Waals surface area contributed by atoms with Crippen molar-refractivity contribution in [3.05, 3.63) is 83.7 Å². The first-order valence-corrected chi connectivity index (χ1v) is 24.0. The number of ether oxygens (including phenoxy) is 3. The van der Waals surface area contributed by atoms with Crippen LogP contribution in [0.15, 0.2) is 60.9 Å². The number of amides is 4. The van der Waals surface area contributed by atoms with Gasteiger partial charge in [0.1, 0.15) is 35.2 Å². The van der Waals surface area contributed by atoms with E-state index in [0.717, 1.165) is 81.6 Å². The number of carbonyl (C=O) groups excluding carboxylic acids is 2. The van der Waals surface area contributed by atoms with Gasteiger partial charge in [-0.2, -0.15) is 0 Å². The quantitative estimate of drug-likeness (QED) is 0.105. The van der Waals surface area contributed by atoms with Crippen LogP contribution in [-0.4, -0.2) is 139 Å². The summed E-state index contributed by atoms with van der Waals surface area (Å²) >= 11 is 0. The molecule has 0 spiro atoms. The van der Waals surface area contributed by atoms with Crippen molar-refractivity contribution in [2.24, 2.45) is 11.8 Å². The van der Waals surface area contributed by atoms with E-state index in [0.29, 0.717) is 76.8 Å². The minimum Gasteiger partial charge on any atom is -0.465 e. The molecule has 4 atom stereocenters. The SMILES string of the molecule is CN(C(=O)O)C(C(=O)N1CCC[C@H]1c1ncc(-c2ccc3c(c2)Oc2ccc4cc(-c5cnc([C@@H]6CCCN6C(=O)C(C6CCOCC6)N(C)C(=O)O)[nH]5)ccc4c2C3(C)C)[nH]1)C1CCOCC1. The Morgan fingerprint density at radius 3 is 1.69 bits per heavy atom. The number of rotatable bonds is 10. The largest absolute Gasteiger partial charge is 0.465 e. The number of benzene rings is 3. The van der Waals surface area contributed by atoms with E-state index in [9.17, 15) is 29.4 Å². The fourth-order valence-corrected chi connectivity index (χ4v) is 11.7. The molecule has 5 aliphatic heterocycles. The number of fused-ring (bicyclic) bond motifs is 4. The molecule has 0 bridgehead atoms.